The van der Waals surface area contributed by atoms with E-state index in [-0.39, 0.29) is 10.6 Å². The Morgan fingerprint density at radius 1 is 1.10 bits per heavy atom. The largest absolute Gasteiger partial charge is 0.269 e. The second-order valence-electron chi connectivity index (χ2n) is 4.79. The molecule has 0 aliphatic carbocycles. The number of hydrogen-bond donors (Lipinski definition) is 0. The van der Waals surface area contributed by atoms with Crippen LogP contribution >= 0.6 is 0 Å². The lowest BCUT2D eigenvalue weighted by Crippen LogP contribution is -2.04. The van der Waals surface area contributed by atoms with Crippen LogP contribution in [0.25, 0.3) is 0 Å². The average molecular weight is 268 g/mol. The standard InChI is InChI=1S/C17H18NO2/c1-2-6-16(13-14-7-4-3-5-8-14)15-9-11-17(12-10-15)18(19)20/h3-12,16H,2,13H2,1H3. The molecule has 0 fully saturated rings. The maximum atomic E-state index is 10.7. The molecule has 3 heteroatoms. The van der Waals surface area contributed by atoms with Gasteiger partial charge in [0.25, 0.3) is 5.69 Å². The minimum atomic E-state index is -0.362. The number of hydrogen-bond acceptors (Lipinski definition) is 2. The van der Waals surface area contributed by atoms with Crippen molar-refractivity contribution in [3.63, 3.8) is 0 Å². The van der Waals surface area contributed by atoms with E-state index in [1.54, 1.807) is 12.1 Å². The summed E-state index contributed by atoms with van der Waals surface area (Å²) in [6, 6.07) is 17.2. The summed E-state index contributed by atoms with van der Waals surface area (Å²) in [6.07, 6.45) is 4.16. The van der Waals surface area contributed by atoms with E-state index >= 15 is 0 Å². The van der Waals surface area contributed by atoms with Gasteiger partial charge in [-0.15, -0.1) is 0 Å². The van der Waals surface area contributed by atoms with Gasteiger partial charge in [-0.2, -0.15) is 0 Å². The molecule has 0 aromatic heterocycles. The number of benzene rings is 2. The SMILES string of the molecule is CC[CH]C(Cc1ccccc1)c1ccc([N+](=O)[O-])cc1. The van der Waals surface area contributed by atoms with Gasteiger partial charge in [-0.05, 0) is 29.9 Å². The van der Waals surface area contributed by atoms with E-state index < -0.39 is 0 Å². The van der Waals surface area contributed by atoms with Crippen LogP contribution in [0.2, 0.25) is 0 Å². The Bertz CT molecular complexity index is 549. The molecule has 1 atom stereocenters. The van der Waals surface area contributed by atoms with E-state index in [9.17, 15) is 10.1 Å². The van der Waals surface area contributed by atoms with Crippen LogP contribution in [0.15, 0.2) is 54.6 Å². The van der Waals surface area contributed by atoms with Gasteiger partial charge in [0.05, 0.1) is 4.92 Å². The van der Waals surface area contributed by atoms with Gasteiger partial charge < -0.3 is 0 Å². The number of rotatable bonds is 6. The molecular weight excluding hydrogens is 250 g/mol. The van der Waals surface area contributed by atoms with Crippen LogP contribution in [-0.4, -0.2) is 4.92 Å². The molecule has 1 radical (unpaired) electrons. The van der Waals surface area contributed by atoms with Crippen molar-refractivity contribution in [3.8, 4) is 0 Å². The Labute approximate surface area is 119 Å². The van der Waals surface area contributed by atoms with Crippen LogP contribution in [0.1, 0.15) is 30.4 Å². The fourth-order valence-corrected chi connectivity index (χ4v) is 2.33. The number of non-ortho nitro benzene ring substituents is 1. The maximum absolute atomic E-state index is 10.7. The molecule has 0 aliphatic heterocycles. The van der Waals surface area contributed by atoms with Gasteiger partial charge >= 0.3 is 0 Å². The van der Waals surface area contributed by atoms with E-state index in [0.29, 0.717) is 5.92 Å². The lowest BCUT2D eigenvalue weighted by atomic mass is 9.88. The third-order valence-corrected chi connectivity index (χ3v) is 3.35. The summed E-state index contributed by atoms with van der Waals surface area (Å²) in [5, 5.41) is 10.7. The molecule has 0 spiro atoms. The molecule has 0 amide bonds. The predicted molar refractivity (Wildman–Crippen MR) is 80.6 cm³/mol. The fourth-order valence-electron chi connectivity index (χ4n) is 2.33. The minimum Gasteiger partial charge on any atom is -0.258 e. The Hall–Kier alpha value is -2.16. The van der Waals surface area contributed by atoms with Gasteiger partial charge in [0.15, 0.2) is 0 Å². The van der Waals surface area contributed by atoms with Crippen molar-refractivity contribution in [1.29, 1.82) is 0 Å². The Morgan fingerprint density at radius 2 is 1.75 bits per heavy atom. The van der Waals surface area contributed by atoms with Crippen molar-refractivity contribution in [2.45, 2.75) is 25.7 Å². The van der Waals surface area contributed by atoms with Crippen molar-refractivity contribution in [3.05, 3.63) is 82.3 Å². The molecule has 0 bridgehead atoms. The van der Waals surface area contributed by atoms with E-state index in [1.807, 2.05) is 30.3 Å². The van der Waals surface area contributed by atoms with Crippen LogP contribution in [-0.2, 0) is 6.42 Å². The quantitative estimate of drug-likeness (QED) is 0.570. The van der Waals surface area contributed by atoms with Crippen LogP contribution in [0.3, 0.4) is 0 Å². The smallest absolute Gasteiger partial charge is 0.258 e. The highest BCUT2D eigenvalue weighted by molar-refractivity contribution is 5.36. The number of nitro groups is 1. The predicted octanol–water partition coefficient (Wildman–Crippen LogP) is 4.54. The van der Waals surface area contributed by atoms with Crippen LogP contribution in [0.4, 0.5) is 5.69 Å². The Morgan fingerprint density at radius 3 is 2.30 bits per heavy atom. The molecule has 2 aromatic carbocycles. The zero-order chi connectivity index (χ0) is 14.4. The van der Waals surface area contributed by atoms with Gasteiger partial charge in [-0.3, -0.25) is 10.1 Å². The summed E-state index contributed by atoms with van der Waals surface area (Å²) >= 11 is 0. The first-order valence-corrected chi connectivity index (χ1v) is 6.82. The second kappa shape index (κ2) is 6.85. The molecule has 3 nitrogen and oxygen atoms in total. The maximum Gasteiger partial charge on any atom is 0.269 e. The molecule has 2 rings (SSSR count). The summed E-state index contributed by atoms with van der Waals surface area (Å²) in [4.78, 5) is 10.3. The van der Waals surface area contributed by atoms with Crippen LogP contribution in [0, 0.1) is 16.5 Å². The first-order chi connectivity index (χ1) is 9.70. The summed E-state index contributed by atoms with van der Waals surface area (Å²) in [7, 11) is 0. The molecule has 20 heavy (non-hydrogen) atoms. The molecule has 0 N–H and O–H groups in total. The summed E-state index contributed by atoms with van der Waals surface area (Å²) in [6.45, 7) is 2.11. The summed E-state index contributed by atoms with van der Waals surface area (Å²) in [5.41, 5.74) is 2.55. The van der Waals surface area contributed by atoms with Gasteiger partial charge in [-0.1, -0.05) is 55.8 Å². The third kappa shape index (κ3) is 3.67. The molecule has 0 heterocycles. The lowest BCUT2D eigenvalue weighted by molar-refractivity contribution is -0.384. The van der Waals surface area contributed by atoms with Gasteiger partial charge in [0.1, 0.15) is 0 Å². The first kappa shape index (κ1) is 14.3. The Balaban J connectivity index is 2.17. The summed E-state index contributed by atoms with van der Waals surface area (Å²) < 4.78 is 0. The molecule has 0 aliphatic rings. The zero-order valence-corrected chi connectivity index (χ0v) is 11.5. The highest BCUT2D eigenvalue weighted by Gasteiger charge is 2.13. The van der Waals surface area contributed by atoms with Crippen molar-refractivity contribution < 1.29 is 4.92 Å². The highest BCUT2D eigenvalue weighted by atomic mass is 16.6. The molecule has 0 saturated carbocycles. The second-order valence-corrected chi connectivity index (χ2v) is 4.79. The van der Waals surface area contributed by atoms with E-state index in [0.717, 1.165) is 18.4 Å². The van der Waals surface area contributed by atoms with Crippen LogP contribution < -0.4 is 0 Å². The average Bonchev–Trinajstić information content (AvgIpc) is 2.48. The summed E-state index contributed by atoms with van der Waals surface area (Å²) in [5.74, 6) is 0.295. The molecule has 103 valence electrons. The fraction of sp³-hybridized carbons (Fsp3) is 0.235. The van der Waals surface area contributed by atoms with Crippen LogP contribution in [0.5, 0.6) is 0 Å². The van der Waals surface area contributed by atoms with E-state index in [2.05, 4.69) is 25.5 Å². The molecule has 2 aromatic rings. The highest BCUT2D eigenvalue weighted by Crippen LogP contribution is 2.26. The molecule has 1 unspecified atom stereocenters. The van der Waals surface area contributed by atoms with Crippen molar-refractivity contribution >= 4 is 5.69 Å². The van der Waals surface area contributed by atoms with E-state index in [1.165, 1.54) is 5.56 Å². The zero-order valence-electron chi connectivity index (χ0n) is 11.5. The van der Waals surface area contributed by atoms with Gasteiger partial charge in [-0.25, -0.2) is 0 Å². The topological polar surface area (TPSA) is 43.1 Å². The van der Waals surface area contributed by atoms with Crippen molar-refractivity contribution in [1.82, 2.24) is 0 Å². The van der Waals surface area contributed by atoms with Crippen molar-refractivity contribution in [2.24, 2.45) is 0 Å². The first-order valence-electron chi connectivity index (χ1n) is 6.82. The minimum absolute atomic E-state index is 0.142. The third-order valence-electron chi connectivity index (χ3n) is 3.35. The lowest BCUT2D eigenvalue weighted by Gasteiger charge is -2.16. The molecular formula is C17H18NO2. The Kier molecular flexibility index (Phi) is 4.88. The van der Waals surface area contributed by atoms with Gasteiger partial charge in [0, 0.05) is 12.1 Å². The number of nitrogens with zero attached hydrogens (tertiary/aromatic N) is 1. The van der Waals surface area contributed by atoms with Gasteiger partial charge in [0.2, 0.25) is 0 Å². The normalized spacial score (nSPS) is 12.1. The van der Waals surface area contributed by atoms with E-state index in [4.69, 9.17) is 0 Å². The molecule has 0 saturated heterocycles. The number of nitro benzene ring substituents is 1. The van der Waals surface area contributed by atoms with Crippen molar-refractivity contribution in [2.75, 3.05) is 0 Å². The monoisotopic (exact) mass is 268 g/mol.